The maximum Gasteiger partial charge on any atom is 0.343 e. The van der Waals surface area contributed by atoms with E-state index in [0.29, 0.717) is 22.7 Å². The topological polar surface area (TPSA) is 75.7 Å². The fourth-order valence-corrected chi connectivity index (χ4v) is 3.62. The van der Waals surface area contributed by atoms with Gasteiger partial charge in [-0.25, -0.2) is 9.69 Å². The molecule has 0 saturated carbocycles. The molecule has 0 radical (unpaired) electrons. The molecule has 0 fully saturated rings. The van der Waals surface area contributed by atoms with E-state index in [0.717, 1.165) is 22.4 Å². The number of hydrogen-bond donors (Lipinski definition) is 1. The maximum atomic E-state index is 12.9. The summed E-state index contributed by atoms with van der Waals surface area (Å²) in [6.07, 6.45) is 0.850. The van der Waals surface area contributed by atoms with Crippen LogP contribution in [-0.2, 0) is 16.0 Å². The molecule has 0 spiro atoms. The van der Waals surface area contributed by atoms with Crippen LogP contribution < -0.4 is 15.0 Å². The van der Waals surface area contributed by atoms with Crippen LogP contribution in [0.15, 0.2) is 83.5 Å². The van der Waals surface area contributed by atoms with Crippen LogP contribution in [0.5, 0.6) is 5.75 Å². The molecule has 0 aromatic heterocycles. The van der Waals surface area contributed by atoms with Gasteiger partial charge in [-0.05, 0) is 73.0 Å². The Bertz CT molecular complexity index is 1260. The van der Waals surface area contributed by atoms with Crippen molar-refractivity contribution in [1.29, 1.82) is 0 Å². The summed E-state index contributed by atoms with van der Waals surface area (Å²) in [5.74, 6) is -1.18. The van der Waals surface area contributed by atoms with Gasteiger partial charge in [0, 0.05) is 5.69 Å². The smallest absolute Gasteiger partial charge is 0.343 e. The van der Waals surface area contributed by atoms with Gasteiger partial charge < -0.3 is 10.1 Å². The summed E-state index contributed by atoms with van der Waals surface area (Å²) in [6, 6.07) is 20.7. The normalized spacial score (nSPS) is 13.5. The summed E-state index contributed by atoms with van der Waals surface area (Å²) >= 11 is 6.19. The lowest BCUT2D eigenvalue weighted by Gasteiger charge is -2.15. The Hall–Kier alpha value is -3.90. The number of carbonyl (C=O) groups excluding carboxylic acids is 3. The average Bonchev–Trinajstić information content (AvgIpc) is 3.02. The molecule has 1 aliphatic rings. The molecule has 0 bridgehead atoms. The van der Waals surface area contributed by atoms with Crippen molar-refractivity contribution in [2.45, 2.75) is 20.3 Å². The first-order valence-electron chi connectivity index (χ1n) is 10.4. The fourth-order valence-electron chi connectivity index (χ4n) is 3.41. The van der Waals surface area contributed by atoms with E-state index in [2.05, 4.69) is 5.32 Å². The van der Waals surface area contributed by atoms with E-state index in [1.807, 2.05) is 38.1 Å². The van der Waals surface area contributed by atoms with Gasteiger partial charge in [-0.3, -0.25) is 9.59 Å². The van der Waals surface area contributed by atoms with E-state index in [1.54, 1.807) is 48.5 Å². The molecule has 1 heterocycles. The SMILES string of the molecule is CCc1ccc(N2C(=O)C(Cl)=C(Nc3ccc(C(=O)Oc4cccc(C)c4)cc3)C2=O)cc1. The quantitative estimate of drug-likeness (QED) is 0.310. The molecular weight excluding hydrogens is 440 g/mol. The van der Waals surface area contributed by atoms with Crippen molar-refractivity contribution >= 4 is 40.8 Å². The lowest BCUT2D eigenvalue weighted by molar-refractivity contribution is -0.120. The largest absolute Gasteiger partial charge is 0.423 e. The second-order valence-electron chi connectivity index (χ2n) is 7.56. The number of ether oxygens (including phenoxy) is 1. The van der Waals surface area contributed by atoms with Crippen LogP contribution in [0.25, 0.3) is 0 Å². The van der Waals surface area contributed by atoms with E-state index in [1.165, 1.54) is 0 Å². The summed E-state index contributed by atoms with van der Waals surface area (Å²) in [5, 5.41) is 2.71. The monoisotopic (exact) mass is 460 g/mol. The summed E-state index contributed by atoms with van der Waals surface area (Å²) in [6.45, 7) is 3.93. The minimum atomic E-state index is -0.591. The summed E-state index contributed by atoms with van der Waals surface area (Å²) < 4.78 is 5.39. The van der Waals surface area contributed by atoms with E-state index < -0.39 is 17.8 Å². The van der Waals surface area contributed by atoms with Gasteiger partial charge in [0.1, 0.15) is 16.5 Å². The highest BCUT2D eigenvalue weighted by atomic mass is 35.5. The Morgan fingerprint density at radius 2 is 1.67 bits per heavy atom. The number of rotatable bonds is 6. The molecule has 33 heavy (non-hydrogen) atoms. The van der Waals surface area contributed by atoms with E-state index in [4.69, 9.17) is 16.3 Å². The number of halogens is 1. The van der Waals surface area contributed by atoms with Crippen molar-refractivity contribution in [2.75, 3.05) is 10.2 Å². The molecular formula is C26H21ClN2O4. The Morgan fingerprint density at radius 1 is 0.970 bits per heavy atom. The molecule has 3 aromatic carbocycles. The van der Waals surface area contributed by atoms with Crippen LogP contribution in [0.1, 0.15) is 28.4 Å². The van der Waals surface area contributed by atoms with E-state index in [9.17, 15) is 14.4 Å². The van der Waals surface area contributed by atoms with Crippen LogP contribution in [0.4, 0.5) is 11.4 Å². The van der Waals surface area contributed by atoms with Gasteiger partial charge >= 0.3 is 5.97 Å². The molecule has 6 nitrogen and oxygen atoms in total. The van der Waals surface area contributed by atoms with Gasteiger partial charge in [0.15, 0.2) is 0 Å². The van der Waals surface area contributed by atoms with Crippen molar-refractivity contribution in [3.8, 4) is 5.75 Å². The maximum absolute atomic E-state index is 12.9. The Morgan fingerprint density at radius 3 is 2.30 bits per heavy atom. The average molecular weight is 461 g/mol. The van der Waals surface area contributed by atoms with Crippen LogP contribution in [-0.4, -0.2) is 17.8 Å². The lowest BCUT2D eigenvalue weighted by atomic mass is 10.1. The molecule has 0 aliphatic carbocycles. The third kappa shape index (κ3) is 4.66. The zero-order valence-corrected chi connectivity index (χ0v) is 18.8. The molecule has 1 N–H and O–H groups in total. The third-order valence-corrected chi connectivity index (χ3v) is 5.57. The number of anilines is 2. The first kappa shape index (κ1) is 22.3. The number of hydrogen-bond acceptors (Lipinski definition) is 5. The molecule has 2 amide bonds. The number of carbonyl (C=O) groups is 3. The molecule has 3 aromatic rings. The molecule has 4 rings (SSSR count). The van der Waals surface area contributed by atoms with Crippen LogP contribution in [0.3, 0.4) is 0 Å². The van der Waals surface area contributed by atoms with E-state index in [-0.39, 0.29) is 10.7 Å². The van der Waals surface area contributed by atoms with Crippen LogP contribution in [0, 0.1) is 6.92 Å². The summed E-state index contributed by atoms with van der Waals surface area (Å²) in [7, 11) is 0. The zero-order chi connectivity index (χ0) is 23.5. The van der Waals surface area contributed by atoms with Crippen LogP contribution in [0.2, 0.25) is 0 Å². The minimum absolute atomic E-state index is 0.0173. The lowest BCUT2D eigenvalue weighted by Crippen LogP contribution is -2.32. The Balaban J connectivity index is 1.47. The van der Waals surface area contributed by atoms with Gasteiger partial charge in [-0.15, -0.1) is 0 Å². The Kier molecular flexibility index (Phi) is 6.29. The van der Waals surface area contributed by atoms with Gasteiger partial charge in [0.05, 0.1) is 11.3 Å². The molecule has 0 atom stereocenters. The third-order valence-electron chi connectivity index (χ3n) is 5.22. The molecule has 166 valence electrons. The number of nitrogens with zero attached hydrogens (tertiary/aromatic N) is 1. The zero-order valence-electron chi connectivity index (χ0n) is 18.1. The van der Waals surface area contributed by atoms with Crippen LogP contribution >= 0.6 is 11.6 Å². The second-order valence-corrected chi connectivity index (χ2v) is 7.94. The number of esters is 1. The molecule has 7 heteroatoms. The van der Waals surface area contributed by atoms with Gasteiger partial charge in [0.25, 0.3) is 11.8 Å². The molecule has 0 saturated heterocycles. The van der Waals surface area contributed by atoms with Crippen molar-refractivity contribution in [2.24, 2.45) is 0 Å². The number of imide groups is 1. The van der Waals surface area contributed by atoms with Crippen molar-refractivity contribution in [3.05, 3.63) is 100 Å². The summed E-state index contributed by atoms with van der Waals surface area (Å²) in [4.78, 5) is 39.0. The highest BCUT2D eigenvalue weighted by Gasteiger charge is 2.38. The number of nitrogens with one attached hydrogen (secondary N) is 1. The molecule has 0 unspecified atom stereocenters. The number of benzene rings is 3. The standard InChI is InChI=1S/C26H21ClN2O4/c1-3-17-7-13-20(14-8-17)29-24(30)22(27)23(25(29)31)28-19-11-9-18(10-12-19)26(32)33-21-6-4-5-16(2)15-21/h4-15,28H,3H2,1-2H3. The van der Waals surface area contributed by atoms with Crippen molar-refractivity contribution in [1.82, 2.24) is 0 Å². The number of amides is 2. The summed E-state index contributed by atoms with van der Waals surface area (Å²) in [5.41, 5.74) is 3.35. The predicted octanol–water partition coefficient (Wildman–Crippen LogP) is 5.21. The predicted molar refractivity (Wildman–Crippen MR) is 127 cm³/mol. The van der Waals surface area contributed by atoms with Crippen molar-refractivity contribution in [3.63, 3.8) is 0 Å². The highest BCUT2D eigenvalue weighted by Crippen LogP contribution is 2.30. The highest BCUT2D eigenvalue weighted by molar-refractivity contribution is 6.53. The molecule has 1 aliphatic heterocycles. The van der Waals surface area contributed by atoms with Gasteiger partial charge in [0.2, 0.25) is 0 Å². The van der Waals surface area contributed by atoms with Crippen molar-refractivity contribution < 1.29 is 19.1 Å². The Labute approximate surface area is 196 Å². The first-order valence-corrected chi connectivity index (χ1v) is 10.8. The first-order chi connectivity index (χ1) is 15.9. The van der Waals surface area contributed by atoms with Gasteiger partial charge in [-0.2, -0.15) is 0 Å². The van der Waals surface area contributed by atoms with E-state index >= 15 is 0 Å². The minimum Gasteiger partial charge on any atom is -0.423 e. The van der Waals surface area contributed by atoms with Gasteiger partial charge in [-0.1, -0.05) is 42.8 Å². The number of aryl methyl sites for hydroxylation is 2. The fraction of sp³-hybridized carbons (Fsp3) is 0.115. The second kappa shape index (κ2) is 9.30.